The summed E-state index contributed by atoms with van der Waals surface area (Å²) in [6.45, 7) is 2.05. The Hall–Kier alpha value is -1.39. The number of aromatic nitrogens is 1. The molecule has 0 aliphatic heterocycles. The van der Waals surface area contributed by atoms with Gasteiger partial charge in [0.05, 0.1) is 0 Å². The van der Waals surface area contributed by atoms with Crippen LogP contribution in [0.3, 0.4) is 0 Å². The van der Waals surface area contributed by atoms with E-state index in [0.29, 0.717) is 5.56 Å². The number of carbonyl (C=O) groups excluding carboxylic acids is 1. The lowest BCUT2D eigenvalue weighted by atomic mass is 10.0. The standard InChI is InChI=1S/C17H13Br2NO/c1-10-3-4-14-15(9-20(2)16(14)5-10)17(21)11-6-12(18)8-13(19)7-11/h3-9H,1-2H3. The van der Waals surface area contributed by atoms with Crippen LogP contribution in [0.1, 0.15) is 21.5 Å². The number of hydrogen-bond acceptors (Lipinski definition) is 1. The number of rotatable bonds is 2. The number of fused-ring (bicyclic) bond motifs is 1. The third-order valence-electron chi connectivity index (χ3n) is 3.52. The molecule has 3 rings (SSSR count). The monoisotopic (exact) mass is 405 g/mol. The third-order valence-corrected chi connectivity index (χ3v) is 4.43. The molecule has 0 spiro atoms. The lowest BCUT2D eigenvalue weighted by Crippen LogP contribution is -2.00. The van der Waals surface area contributed by atoms with Gasteiger partial charge in [-0.25, -0.2) is 0 Å². The van der Waals surface area contributed by atoms with Crippen molar-refractivity contribution in [3.05, 3.63) is 68.2 Å². The van der Waals surface area contributed by atoms with Crippen LogP contribution in [0.2, 0.25) is 0 Å². The highest BCUT2D eigenvalue weighted by molar-refractivity contribution is 9.11. The van der Waals surface area contributed by atoms with Crippen LogP contribution in [0.15, 0.2) is 51.5 Å². The van der Waals surface area contributed by atoms with E-state index >= 15 is 0 Å². The van der Waals surface area contributed by atoms with Crippen molar-refractivity contribution in [3.8, 4) is 0 Å². The fourth-order valence-corrected chi connectivity index (χ4v) is 3.81. The molecule has 0 N–H and O–H groups in total. The zero-order chi connectivity index (χ0) is 15.1. The van der Waals surface area contributed by atoms with Gasteiger partial charge in [-0.3, -0.25) is 4.79 Å². The van der Waals surface area contributed by atoms with Crippen LogP contribution in [-0.2, 0) is 7.05 Å². The zero-order valence-electron chi connectivity index (χ0n) is 11.7. The zero-order valence-corrected chi connectivity index (χ0v) is 14.8. The van der Waals surface area contributed by atoms with E-state index in [4.69, 9.17) is 0 Å². The highest BCUT2D eigenvalue weighted by Gasteiger charge is 2.16. The molecule has 0 radical (unpaired) electrons. The van der Waals surface area contributed by atoms with Crippen molar-refractivity contribution in [1.29, 1.82) is 0 Å². The van der Waals surface area contributed by atoms with Crippen molar-refractivity contribution in [1.82, 2.24) is 4.57 Å². The molecule has 0 aliphatic rings. The largest absolute Gasteiger partial charge is 0.350 e. The minimum atomic E-state index is 0.0338. The summed E-state index contributed by atoms with van der Waals surface area (Å²) in [5.74, 6) is 0.0338. The average molecular weight is 407 g/mol. The van der Waals surface area contributed by atoms with E-state index < -0.39 is 0 Å². The first-order valence-electron chi connectivity index (χ1n) is 6.52. The van der Waals surface area contributed by atoms with Gasteiger partial charge in [0.25, 0.3) is 0 Å². The molecular weight excluding hydrogens is 394 g/mol. The summed E-state index contributed by atoms with van der Waals surface area (Å²) in [6, 6.07) is 11.8. The number of halogens is 2. The summed E-state index contributed by atoms with van der Waals surface area (Å²) in [4.78, 5) is 12.8. The molecule has 3 aromatic rings. The Kier molecular flexibility index (Phi) is 3.76. The Labute approximate surface area is 140 Å². The van der Waals surface area contributed by atoms with Crippen LogP contribution in [0.25, 0.3) is 10.9 Å². The Bertz CT molecular complexity index is 844. The molecule has 106 valence electrons. The van der Waals surface area contributed by atoms with Gasteiger partial charge in [-0.15, -0.1) is 0 Å². The number of benzene rings is 2. The normalized spacial score (nSPS) is 11.0. The Morgan fingerprint density at radius 1 is 1.05 bits per heavy atom. The van der Waals surface area contributed by atoms with Crippen LogP contribution >= 0.6 is 31.9 Å². The fourth-order valence-electron chi connectivity index (χ4n) is 2.52. The first-order valence-corrected chi connectivity index (χ1v) is 8.11. The van der Waals surface area contributed by atoms with E-state index in [2.05, 4.69) is 44.8 Å². The second-order valence-corrected chi connectivity index (χ2v) is 6.99. The van der Waals surface area contributed by atoms with E-state index in [1.54, 1.807) is 0 Å². The number of nitrogens with zero attached hydrogens (tertiary/aromatic N) is 1. The maximum absolute atomic E-state index is 12.8. The Balaban J connectivity index is 2.18. The predicted molar refractivity (Wildman–Crippen MR) is 92.9 cm³/mol. The molecule has 0 unspecified atom stereocenters. The highest BCUT2D eigenvalue weighted by atomic mass is 79.9. The second-order valence-electron chi connectivity index (χ2n) is 5.16. The van der Waals surface area contributed by atoms with E-state index in [0.717, 1.165) is 25.4 Å². The number of hydrogen-bond donors (Lipinski definition) is 0. The minimum absolute atomic E-state index is 0.0338. The summed E-state index contributed by atoms with van der Waals surface area (Å²) in [5.41, 5.74) is 3.67. The van der Waals surface area contributed by atoms with Gasteiger partial charge in [0.1, 0.15) is 0 Å². The van der Waals surface area contributed by atoms with Gasteiger partial charge < -0.3 is 4.57 Å². The molecule has 21 heavy (non-hydrogen) atoms. The maximum atomic E-state index is 12.8. The number of aryl methyl sites for hydroxylation is 2. The molecule has 0 saturated carbocycles. The molecule has 0 atom stereocenters. The van der Waals surface area contributed by atoms with E-state index in [1.165, 1.54) is 5.56 Å². The van der Waals surface area contributed by atoms with Crippen molar-refractivity contribution >= 4 is 48.5 Å². The Morgan fingerprint density at radius 3 is 2.38 bits per heavy atom. The summed E-state index contributed by atoms with van der Waals surface area (Å²) in [7, 11) is 1.97. The van der Waals surface area contributed by atoms with Gasteiger partial charge in [-0.1, -0.05) is 44.0 Å². The lowest BCUT2D eigenvalue weighted by Gasteiger charge is -2.02. The smallest absolute Gasteiger partial charge is 0.195 e. The van der Waals surface area contributed by atoms with Gasteiger partial charge in [0, 0.05) is 44.2 Å². The highest BCUT2D eigenvalue weighted by Crippen LogP contribution is 2.27. The molecule has 0 bridgehead atoms. The molecule has 0 aliphatic carbocycles. The number of ketones is 1. The quantitative estimate of drug-likeness (QED) is 0.533. The summed E-state index contributed by atoms with van der Waals surface area (Å²) in [5, 5.41) is 0.990. The molecular formula is C17H13Br2NO. The van der Waals surface area contributed by atoms with Crippen molar-refractivity contribution in [3.63, 3.8) is 0 Å². The lowest BCUT2D eigenvalue weighted by molar-refractivity contribution is 0.104. The van der Waals surface area contributed by atoms with Crippen LogP contribution in [0.5, 0.6) is 0 Å². The minimum Gasteiger partial charge on any atom is -0.350 e. The first kappa shape index (κ1) is 14.5. The molecule has 4 heteroatoms. The van der Waals surface area contributed by atoms with Crippen molar-refractivity contribution in [2.75, 3.05) is 0 Å². The first-order chi connectivity index (χ1) is 9.95. The summed E-state index contributed by atoms with van der Waals surface area (Å²) < 4.78 is 3.77. The van der Waals surface area contributed by atoms with Crippen LogP contribution in [-0.4, -0.2) is 10.4 Å². The molecule has 1 aromatic heterocycles. The fraction of sp³-hybridized carbons (Fsp3) is 0.118. The van der Waals surface area contributed by atoms with Crippen molar-refractivity contribution in [2.24, 2.45) is 7.05 Å². The van der Waals surface area contributed by atoms with Crippen molar-refractivity contribution < 1.29 is 4.79 Å². The molecule has 0 amide bonds. The number of carbonyl (C=O) groups is 1. The topological polar surface area (TPSA) is 22.0 Å². The molecule has 2 aromatic carbocycles. The van der Waals surface area contributed by atoms with E-state index in [1.807, 2.05) is 48.1 Å². The van der Waals surface area contributed by atoms with Gasteiger partial charge in [0.2, 0.25) is 0 Å². The van der Waals surface area contributed by atoms with Gasteiger partial charge in [-0.05, 0) is 36.8 Å². The molecule has 0 saturated heterocycles. The van der Waals surface area contributed by atoms with E-state index in [-0.39, 0.29) is 5.78 Å². The molecule has 2 nitrogen and oxygen atoms in total. The Morgan fingerprint density at radius 2 is 1.71 bits per heavy atom. The van der Waals surface area contributed by atoms with Crippen LogP contribution in [0, 0.1) is 6.92 Å². The molecule has 0 fully saturated rings. The summed E-state index contributed by atoms with van der Waals surface area (Å²) >= 11 is 6.86. The van der Waals surface area contributed by atoms with E-state index in [9.17, 15) is 4.79 Å². The SMILES string of the molecule is Cc1ccc2c(C(=O)c3cc(Br)cc(Br)c3)cn(C)c2c1. The second kappa shape index (κ2) is 5.43. The van der Waals surface area contributed by atoms with Gasteiger partial charge >= 0.3 is 0 Å². The van der Waals surface area contributed by atoms with Gasteiger partial charge in [-0.2, -0.15) is 0 Å². The third kappa shape index (κ3) is 2.70. The average Bonchev–Trinajstić information content (AvgIpc) is 2.74. The molecule has 1 heterocycles. The van der Waals surface area contributed by atoms with Crippen molar-refractivity contribution in [2.45, 2.75) is 6.92 Å². The summed E-state index contributed by atoms with van der Waals surface area (Å²) in [6.07, 6.45) is 1.90. The van der Waals surface area contributed by atoms with Crippen LogP contribution < -0.4 is 0 Å². The van der Waals surface area contributed by atoms with Crippen LogP contribution in [0.4, 0.5) is 0 Å². The maximum Gasteiger partial charge on any atom is 0.195 e. The van der Waals surface area contributed by atoms with Gasteiger partial charge in [0.15, 0.2) is 5.78 Å². The predicted octanol–water partition coefficient (Wildman–Crippen LogP) is 5.24.